The van der Waals surface area contributed by atoms with Gasteiger partial charge in [0.1, 0.15) is 19.3 Å². The molecule has 0 aromatic rings. The summed E-state index contributed by atoms with van der Waals surface area (Å²) in [5.41, 5.74) is 0. The van der Waals surface area contributed by atoms with Gasteiger partial charge in [-0.3, -0.25) is 37.3 Å². The Kier molecular flexibility index (Phi) is 74.4. The van der Waals surface area contributed by atoms with E-state index in [1.54, 1.807) is 0 Å². The summed E-state index contributed by atoms with van der Waals surface area (Å²) in [6.45, 7) is 4.94. The summed E-state index contributed by atoms with van der Waals surface area (Å²) in [7, 11) is -9.94. The summed E-state index contributed by atoms with van der Waals surface area (Å²) in [6.07, 6.45) is 73.9. The van der Waals surface area contributed by atoms with Crippen LogP contribution < -0.4 is 0 Å². The maximum absolute atomic E-state index is 13.1. The zero-order valence-corrected chi connectivity index (χ0v) is 67.6. The Morgan fingerprint density at radius 3 is 0.755 bits per heavy atom. The second kappa shape index (κ2) is 76.5. The minimum Gasteiger partial charge on any atom is -0.462 e. The highest BCUT2D eigenvalue weighted by Crippen LogP contribution is 2.45. The summed E-state index contributed by atoms with van der Waals surface area (Å²) in [4.78, 5) is 73.1. The lowest BCUT2D eigenvalue weighted by Crippen LogP contribution is -2.30. The average molecular weight is 1490 g/mol. The van der Waals surface area contributed by atoms with Crippen LogP contribution in [0.5, 0.6) is 0 Å². The average Bonchev–Trinajstić information content (AvgIpc) is 0.919. The van der Waals surface area contributed by atoms with Crippen molar-refractivity contribution < 1.29 is 80.2 Å². The van der Waals surface area contributed by atoms with Gasteiger partial charge in [-0.1, -0.05) is 340 Å². The van der Waals surface area contributed by atoms with Crippen LogP contribution in [-0.2, 0) is 65.4 Å². The zero-order chi connectivity index (χ0) is 74.6. The first kappa shape index (κ1) is 99.3. The number of allylic oxidation sites excluding steroid dienone is 6. The number of aliphatic hydroxyl groups is 1. The minimum absolute atomic E-state index is 0.0865. The SMILES string of the molecule is CCCCC/C=C\C/C=C\CCCCCCCC(=O)O[C@H](COC(=O)CCCCCCCCCCCCCCCCCCC)COP(=O)(O)OC[C@H](O)COP(=O)(O)OC[C@@H](COC(=O)CCCCCCC/C=C\CCCCCCCC)OC(=O)CCCCCCCCCCCCCCCCC. The van der Waals surface area contributed by atoms with E-state index in [2.05, 4.69) is 64.2 Å². The van der Waals surface area contributed by atoms with Crippen molar-refractivity contribution in [1.29, 1.82) is 0 Å². The van der Waals surface area contributed by atoms with Gasteiger partial charge in [-0.2, -0.15) is 0 Å². The molecule has 0 fully saturated rings. The third kappa shape index (κ3) is 75.5. The summed E-state index contributed by atoms with van der Waals surface area (Å²) in [5, 5.41) is 10.7. The molecule has 0 aliphatic heterocycles. The Labute approximate surface area is 624 Å². The first-order valence-corrected chi connectivity index (χ1v) is 45.2. The molecule has 0 rings (SSSR count). The molecule has 17 nitrogen and oxygen atoms in total. The van der Waals surface area contributed by atoms with Gasteiger partial charge in [0.2, 0.25) is 0 Å². The number of hydrogen-bond donors (Lipinski definition) is 3. The highest BCUT2D eigenvalue weighted by atomic mass is 31.2. The van der Waals surface area contributed by atoms with Gasteiger partial charge in [-0.15, -0.1) is 0 Å². The molecule has 0 bridgehead atoms. The number of unbranched alkanes of at least 4 members (excludes halogenated alkanes) is 49. The fourth-order valence-corrected chi connectivity index (χ4v) is 13.7. The van der Waals surface area contributed by atoms with Crippen molar-refractivity contribution in [3.63, 3.8) is 0 Å². The maximum Gasteiger partial charge on any atom is 0.472 e. The molecule has 3 N–H and O–H groups in total. The molecule has 102 heavy (non-hydrogen) atoms. The summed E-state index contributed by atoms with van der Waals surface area (Å²) < 4.78 is 68.8. The highest BCUT2D eigenvalue weighted by Gasteiger charge is 2.30. The van der Waals surface area contributed by atoms with Crippen molar-refractivity contribution >= 4 is 39.5 Å². The standard InChI is InChI=1S/C83H156O17P2/c1-5-9-13-17-21-25-29-33-37-38-42-44-48-52-56-60-64-68-81(86)94-74-79(100-83(88)70-66-62-58-54-50-46-41-36-32-28-24-20-16-12-8-4)76-98-102(91,92)96-72-77(84)71-95-101(89,90)97-75-78(99-82(87)69-65-61-57-53-49-45-40-35-31-27-23-19-15-11-7-3)73-93-80(85)67-63-59-55-51-47-43-39-34-30-26-22-18-14-10-6-2/h24,28,34,36,39,41,77-79,84H,5-23,25-27,29-33,35,37-38,40,42-76H2,1-4H3,(H,89,90)(H,91,92)/b28-24-,39-34-,41-36-/t77-,78-,79-/m1/s1. The monoisotopic (exact) mass is 1490 g/mol. The Hall–Kier alpha value is -2.72. The van der Waals surface area contributed by atoms with Crippen LogP contribution in [-0.4, -0.2) is 96.7 Å². The zero-order valence-electron chi connectivity index (χ0n) is 65.8. The van der Waals surface area contributed by atoms with Gasteiger partial charge in [0.25, 0.3) is 0 Å². The van der Waals surface area contributed by atoms with E-state index in [9.17, 15) is 43.2 Å². The van der Waals surface area contributed by atoms with E-state index < -0.39 is 97.5 Å². The summed E-state index contributed by atoms with van der Waals surface area (Å²) in [6, 6.07) is 0. The van der Waals surface area contributed by atoms with E-state index in [-0.39, 0.29) is 25.7 Å². The number of phosphoric acid groups is 2. The number of carbonyl (C=O) groups is 4. The van der Waals surface area contributed by atoms with Gasteiger partial charge in [0, 0.05) is 25.7 Å². The quantitative estimate of drug-likeness (QED) is 0.0169. The van der Waals surface area contributed by atoms with E-state index in [0.717, 1.165) is 128 Å². The van der Waals surface area contributed by atoms with Gasteiger partial charge in [0.05, 0.1) is 26.4 Å². The lowest BCUT2D eigenvalue weighted by atomic mass is 10.0. The normalized spacial score (nSPS) is 14.0. The molecule has 0 aromatic carbocycles. The van der Waals surface area contributed by atoms with Crippen LogP contribution >= 0.6 is 15.6 Å². The smallest absolute Gasteiger partial charge is 0.462 e. The van der Waals surface area contributed by atoms with E-state index >= 15 is 0 Å². The summed E-state index contributed by atoms with van der Waals surface area (Å²) >= 11 is 0. The van der Waals surface area contributed by atoms with Crippen LogP contribution in [0.2, 0.25) is 0 Å². The van der Waals surface area contributed by atoms with Crippen molar-refractivity contribution in [2.24, 2.45) is 0 Å². The second-order valence-electron chi connectivity index (χ2n) is 28.8. The molecule has 600 valence electrons. The predicted octanol–water partition coefficient (Wildman–Crippen LogP) is 24.7. The van der Waals surface area contributed by atoms with Crippen molar-refractivity contribution in [2.75, 3.05) is 39.6 Å². The van der Waals surface area contributed by atoms with E-state index in [1.165, 1.54) is 205 Å². The number of aliphatic hydroxyl groups excluding tert-OH is 1. The maximum atomic E-state index is 13.1. The third-order valence-corrected chi connectivity index (χ3v) is 20.5. The first-order valence-electron chi connectivity index (χ1n) is 42.2. The number of ether oxygens (including phenoxy) is 4. The number of esters is 4. The fourth-order valence-electron chi connectivity index (χ4n) is 12.1. The molecule has 0 aliphatic rings. The molecule has 0 radical (unpaired) electrons. The fraction of sp³-hybridized carbons (Fsp3) is 0.880. The minimum atomic E-state index is -4.97. The van der Waals surface area contributed by atoms with E-state index in [0.29, 0.717) is 25.7 Å². The predicted molar refractivity (Wildman–Crippen MR) is 418 cm³/mol. The molecule has 5 atom stereocenters. The van der Waals surface area contributed by atoms with Gasteiger partial charge in [-0.25, -0.2) is 9.13 Å². The second-order valence-corrected chi connectivity index (χ2v) is 31.7. The van der Waals surface area contributed by atoms with Crippen LogP contribution in [0.1, 0.15) is 413 Å². The Morgan fingerprint density at radius 2 is 0.480 bits per heavy atom. The number of phosphoric ester groups is 2. The molecule has 0 saturated carbocycles. The van der Waals surface area contributed by atoms with Crippen molar-refractivity contribution in [2.45, 2.75) is 431 Å². The van der Waals surface area contributed by atoms with Crippen LogP contribution in [0.4, 0.5) is 0 Å². The van der Waals surface area contributed by atoms with Gasteiger partial charge >= 0.3 is 39.5 Å². The van der Waals surface area contributed by atoms with Crippen LogP contribution in [0.15, 0.2) is 36.5 Å². The topological polar surface area (TPSA) is 237 Å². The molecule has 0 spiro atoms. The number of rotatable bonds is 81. The molecule has 0 amide bonds. The van der Waals surface area contributed by atoms with Gasteiger partial charge < -0.3 is 33.8 Å². The van der Waals surface area contributed by atoms with Crippen molar-refractivity contribution in [3.05, 3.63) is 36.5 Å². The molecule has 0 aliphatic carbocycles. The molecular formula is C83H156O17P2. The summed E-state index contributed by atoms with van der Waals surface area (Å²) in [5.74, 6) is -2.15. The van der Waals surface area contributed by atoms with Crippen LogP contribution in [0.25, 0.3) is 0 Å². The third-order valence-electron chi connectivity index (χ3n) is 18.6. The van der Waals surface area contributed by atoms with E-state index in [1.807, 2.05) is 0 Å². The van der Waals surface area contributed by atoms with Crippen LogP contribution in [0.3, 0.4) is 0 Å². The van der Waals surface area contributed by atoms with Crippen LogP contribution in [0, 0.1) is 0 Å². The number of carbonyl (C=O) groups excluding carboxylic acids is 4. The van der Waals surface area contributed by atoms with Gasteiger partial charge in [-0.05, 0) is 83.5 Å². The largest absolute Gasteiger partial charge is 0.472 e. The molecule has 0 heterocycles. The molecule has 0 aromatic heterocycles. The molecular weight excluding hydrogens is 1330 g/mol. The van der Waals surface area contributed by atoms with Crippen molar-refractivity contribution in [1.82, 2.24) is 0 Å². The number of hydrogen-bond acceptors (Lipinski definition) is 15. The molecule has 2 unspecified atom stereocenters. The molecule has 19 heteroatoms. The molecule has 0 saturated heterocycles. The van der Waals surface area contributed by atoms with Gasteiger partial charge in [0.15, 0.2) is 12.2 Å². The first-order chi connectivity index (χ1) is 49.7. The van der Waals surface area contributed by atoms with Crippen molar-refractivity contribution in [3.8, 4) is 0 Å². The highest BCUT2D eigenvalue weighted by molar-refractivity contribution is 7.47. The Morgan fingerprint density at radius 1 is 0.275 bits per heavy atom. The lowest BCUT2D eigenvalue weighted by Gasteiger charge is -2.21. The Balaban J connectivity index is 5.31. The Bertz CT molecular complexity index is 2070. The van der Waals surface area contributed by atoms with E-state index in [4.69, 9.17) is 37.0 Å². The lowest BCUT2D eigenvalue weighted by molar-refractivity contribution is -0.161.